The minimum absolute atomic E-state index is 0.178. The monoisotopic (exact) mass is 340 g/mol. The average molecular weight is 341 g/mol. The third kappa shape index (κ3) is 6.05. The van der Waals surface area contributed by atoms with Crippen LogP contribution in [0, 0.1) is 0 Å². The number of hydrogen-bond acceptors (Lipinski definition) is 4. The van der Waals surface area contributed by atoms with E-state index in [2.05, 4.69) is 20.9 Å². The van der Waals surface area contributed by atoms with Crippen LogP contribution in [0.25, 0.3) is 0 Å². The summed E-state index contributed by atoms with van der Waals surface area (Å²) in [5.74, 6) is -0.178. The summed E-state index contributed by atoms with van der Waals surface area (Å²) in [5, 5.41) is 8.47. The summed E-state index contributed by atoms with van der Waals surface area (Å²) in [6, 6.07) is 4.60. The van der Waals surface area contributed by atoms with Gasteiger partial charge >= 0.3 is 6.03 Å². The third-order valence-electron chi connectivity index (χ3n) is 3.35. The van der Waals surface area contributed by atoms with Crippen LogP contribution < -0.4 is 16.0 Å². The Morgan fingerprint density at radius 3 is 2.65 bits per heavy atom. The number of nitrogens with one attached hydrogen (secondary N) is 3. The molecule has 0 atom stereocenters. The third-order valence-corrected chi connectivity index (χ3v) is 3.67. The first-order valence-corrected chi connectivity index (χ1v) is 7.84. The topological polar surface area (TPSA) is 82.7 Å². The quantitative estimate of drug-likeness (QED) is 0.762. The van der Waals surface area contributed by atoms with Gasteiger partial charge in [0.05, 0.1) is 23.9 Å². The first-order valence-electron chi connectivity index (χ1n) is 7.46. The minimum Gasteiger partial charge on any atom is -0.379 e. The summed E-state index contributed by atoms with van der Waals surface area (Å²) in [5.41, 5.74) is 1.07. The fourth-order valence-electron chi connectivity index (χ4n) is 2.22. The number of halogens is 1. The van der Waals surface area contributed by atoms with Crippen LogP contribution in [0.15, 0.2) is 18.2 Å². The maximum Gasteiger partial charge on any atom is 0.319 e. The fourth-order valence-corrected chi connectivity index (χ4v) is 2.44. The zero-order valence-corrected chi connectivity index (χ0v) is 13.8. The van der Waals surface area contributed by atoms with Gasteiger partial charge in [-0.3, -0.25) is 9.69 Å². The van der Waals surface area contributed by atoms with Gasteiger partial charge in [-0.1, -0.05) is 11.6 Å². The molecule has 3 amide bonds. The van der Waals surface area contributed by atoms with Crippen molar-refractivity contribution < 1.29 is 14.3 Å². The second-order valence-corrected chi connectivity index (χ2v) is 5.62. The van der Waals surface area contributed by atoms with Crippen LogP contribution in [-0.4, -0.2) is 56.2 Å². The number of urea groups is 1. The number of amides is 3. The summed E-state index contributed by atoms with van der Waals surface area (Å²) in [6.07, 6.45) is 0. The van der Waals surface area contributed by atoms with E-state index in [9.17, 15) is 9.59 Å². The highest BCUT2D eigenvalue weighted by Gasteiger charge is 2.11. The lowest BCUT2D eigenvalue weighted by atomic mass is 10.2. The molecule has 23 heavy (non-hydrogen) atoms. The lowest BCUT2D eigenvalue weighted by Crippen LogP contribution is -2.42. The van der Waals surface area contributed by atoms with Crippen molar-refractivity contribution in [1.82, 2.24) is 10.2 Å². The van der Waals surface area contributed by atoms with E-state index in [1.54, 1.807) is 18.2 Å². The Bertz CT molecular complexity index is 562. The first kappa shape index (κ1) is 17.5. The molecule has 0 saturated carbocycles. The molecule has 1 aliphatic rings. The Labute approximate surface area is 140 Å². The number of nitrogens with zero attached hydrogens (tertiary/aromatic N) is 1. The van der Waals surface area contributed by atoms with Crippen LogP contribution in [0.4, 0.5) is 16.2 Å². The van der Waals surface area contributed by atoms with E-state index in [-0.39, 0.29) is 11.9 Å². The molecule has 126 valence electrons. The molecule has 2 rings (SSSR count). The van der Waals surface area contributed by atoms with Gasteiger partial charge in [0.2, 0.25) is 5.91 Å². The van der Waals surface area contributed by atoms with Crippen LogP contribution in [0.5, 0.6) is 0 Å². The minimum atomic E-state index is -0.313. The summed E-state index contributed by atoms with van der Waals surface area (Å²) in [4.78, 5) is 25.1. The summed E-state index contributed by atoms with van der Waals surface area (Å²) in [6.45, 7) is 6.01. The van der Waals surface area contributed by atoms with Gasteiger partial charge in [0.15, 0.2) is 0 Å². The molecule has 8 heteroatoms. The molecule has 0 radical (unpaired) electrons. The molecule has 1 fully saturated rings. The fraction of sp³-hybridized carbons (Fsp3) is 0.467. The van der Waals surface area contributed by atoms with Crippen molar-refractivity contribution in [3.05, 3.63) is 23.2 Å². The van der Waals surface area contributed by atoms with Crippen molar-refractivity contribution in [2.24, 2.45) is 0 Å². The van der Waals surface area contributed by atoms with Crippen molar-refractivity contribution in [1.29, 1.82) is 0 Å². The second-order valence-electron chi connectivity index (χ2n) is 5.21. The van der Waals surface area contributed by atoms with Crippen molar-refractivity contribution in [2.75, 3.05) is 50.0 Å². The molecule has 0 unspecified atom stereocenters. The molecule has 0 spiro atoms. The number of benzene rings is 1. The molecule has 1 heterocycles. The molecule has 1 aliphatic heterocycles. The van der Waals surface area contributed by atoms with Gasteiger partial charge in [-0.25, -0.2) is 4.79 Å². The van der Waals surface area contributed by atoms with Gasteiger partial charge in [-0.15, -0.1) is 0 Å². The highest BCUT2D eigenvalue weighted by molar-refractivity contribution is 6.34. The molecule has 3 N–H and O–H groups in total. The van der Waals surface area contributed by atoms with Gasteiger partial charge in [0, 0.05) is 38.8 Å². The zero-order chi connectivity index (χ0) is 16.7. The SMILES string of the molecule is CC(=O)Nc1ccc(NC(=O)NCCN2CCOCC2)c(Cl)c1. The Hall–Kier alpha value is -1.83. The van der Waals surface area contributed by atoms with E-state index in [0.717, 1.165) is 32.8 Å². The largest absolute Gasteiger partial charge is 0.379 e. The number of morpholine rings is 1. The van der Waals surface area contributed by atoms with Gasteiger partial charge in [-0.05, 0) is 18.2 Å². The molecule has 0 aromatic heterocycles. The highest BCUT2D eigenvalue weighted by atomic mass is 35.5. The standard InChI is InChI=1S/C15H21ClN4O3/c1-11(21)18-12-2-3-14(13(16)10-12)19-15(22)17-4-5-20-6-8-23-9-7-20/h2-3,10H,4-9H2,1H3,(H,18,21)(H2,17,19,22). The Balaban J connectivity index is 1.77. The Kier molecular flexibility index (Phi) is 6.64. The van der Waals surface area contributed by atoms with E-state index in [1.807, 2.05) is 0 Å². The smallest absolute Gasteiger partial charge is 0.319 e. The number of anilines is 2. The normalized spacial score (nSPS) is 15.0. The zero-order valence-electron chi connectivity index (χ0n) is 13.0. The Morgan fingerprint density at radius 1 is 1.26 bits per heavy atom. The molecule has 1 saturated heterocycles. The first-order chi connectivity index (χ1) is 11.0. The molecule has 0 bridgehead atoms. The maximum absolute atomic E-state index is 11.9. The van der Waals surface area contributed by atoms with E-state index < -0.39 is 0 Å². The number of carbonyl (C=O) groups excluding carboxylic acids is 2. The van der Waals surface area contributed by atoms with Crippen molar-refractivity contribution in [3.63, 3.8) is 0 Å². The maximum atomic E-state index is 11.9. The number of rotatable bonds is 5. The van der Waals surface area contributed by atoms with Crippen molar-refractivity contribution in [3.8, 4) is 0 Å². The lowest BCUT2D eigenvalue weighted by Gasteiger charge is -2.26. The molecule has 1 aromatic carbocycles. The Morgan fingerprint density at radius 2 is 2.00 bits per heavy atom. The van der Waals surface area contributed by atoms with Gasteiger partial charge in [0.1, 0.15) is 0 Å². The number of carbonyl (C=O) groups is 2. The van der Waals surface area contributed by atoms with Crippen LogP contribution in [0.2, 0.25) is 5.02 Å². The molecular formula is C15H21ClN4O3. The van der Waals surface area contributed by atoms with Crippen LogP contribution in [-0.2, 0) is 9.53 Å². The van der Waals surface area contributed by atoms with Crippen molar-refractivity contribution >= 4 is 34.9 Å². The molecule has 1 aromatic rings. The van der Waals surface area contributed by atoms with E-state index in [4.69, 9.17) is 16.3 Å². The van der Waals surface area contributed by atoms with Crippen LogP contribution in [0.1, 0.15) is 6.92 Å². The summed E-state index contributed by atoms with van der Waals surface area (Å²) < 4.78 is 5.27. The predicted molar refractivity (Wildman–Crippen MR) is 90.0 cm³/mol. The van der Waals surface area contributed by atoms with Gasteiger partial charge in [-0.2, -0.15) is 0 Å². The van der Waals surface area contributed by atoms with Gasteiger partial charge < -0.3 is 20.7 Å². The number of hydrogen-bond donors (Lipinski definition) is 3. The molecular weight excluding hydrogens is 320 g/mol. The summed E-state index contributed by atoms with van der Waals surface area (Å²) in [7, 11) is 0. The number of ether oxygens (including phenoxy) is 1. The lowest BCUT2D eigenvalue weighted by molar-refractivity contribution is -0.114. The van der Waals surface area contributed by atoms with E-state index in [0.29, 0.717) is 22.9 Å². The van der Waals surface area contributed by atoms with Crippen molar-refractivity contribution in [2.45, 2.75) is 6.92 Å². The molecule has 7 nitrogen and oxygen atoms in total. The predicted octanol–water partition coefficient (Wildman–Crippen LogP) is 1.75. The van der Waals surface area contributed by atoms with Crippen LogP contribution in [0.3, 0.4) is 0 Å². The second kappa shape index (κ2) is 8.71. The van der Waals surface area contributed by atoms with E-state index >= 15 is 0 Å². The highest BCUT2D eigenvalue weighted by Crippen LogP contribution is 2.25. The van der Waals surface area contributed by atoms with Crippen LogP contribution >= 0.6 is 11.6 Å². The van der Waals surface area contributed by atoms with Gasteiger partial charge in [0.25, 0.3) is 0 Å². The summed E-state index contributed by atoms with van der Waals surface area (Å²) >= 11 is 6.10. The average Bonchev–Trinajstić information content (AvgIpc) is 2.50. The van der Waals surface area contributed by atoms with E-state index in [1.165, 1.54) is 6.92 Å². The molecule has 0 aliphatic carbocycles.